The van der Waals surface area contributed by atoms with E-state index in [1.54, 1.807) is 6.07 Å². The molecule has 1 aliphatic carbocycles. The number of halogens is 2. The molecule has 1 nitrogen and oxygen atoms in total. The monoisotopic (exact) mass is 327 g/mol. The Balaban J connectivity index is 2.23. The zero-order valence-electron chi connectivity index (χ0n) is 11.8. The van der Waals surface area contributed by atoms with Gasteiger partial charge in [-0.05, 0) is 43.4 Å². The molecule has 1 aromatic carbocycles. The highest BCUT2D eigenvalue weighted by atomic mass is 79.9. The first-order valence-corrected chi connectivity index (χ1v) is 8.09. The van der Waals surface area contributed by atoms with Gasteiger partial charge in [0.05, 0.1) is 0 Å². The Morgan fingerprint density at radius 3 is 2.84 bits per heavy atom. The van der Waals surface area contributed by atoms with Crippen LogP contribution in [0.5, 0.6) is 0 Å². The van der Waals surface area contributed by atoms with E-state index < -0.39 is 0 Å². The molecular weight excluding hydrogens is 305 g/mol. The number of hydrogen-bond donors (Lipinski definition) is 1. The Bertz CT molecular complexity index is 421. The van der Waals surface area contributed by atoms with Gasteiger partial charge in [0.15, 0.2) is 0 Å². The summed E-state index contributed by atoms with van der Waals surface area (Å²) in [6, 6.07) is 5.59. The van der Waals surface area contributed by atoms with Crippen LogP contribution in [-0.2, 0) is 0 Å². The van der Waals surface area contributed by atoms with Crippen molar-refractivity contribution < 1.29 is 4.39 Å². The van der Waals surface area contributed by atoms with Crippen molar-refractivity contribution >= 4 is 15.9 Å². The minimum atomic E-state index is -0.0986. The lowest BCUT2D eigenvalue weighted by atomic mass is 9.76. The van der Waals surface area contributed by atoms with Gasteiger partial charge in [-0.2, -0.15) is 0 Å². The summed E-state index contributed by atoms with van der Waals surface area (Å²) >= 11 is 3.33. The van der Waals surface area contributed by atoms with Crippen LogP contribution in [0.15, 0.2) is 22.7 Å². The van der Waals surface area contributed by atoms with E-state index in [-0.39, 0.29) is 11.9 Å². The molecule has 0 aliphatic heterocycles. The molecular formula is C16H23BrFN. The Kier molecular flexibility index (Phi) is 5.40. The molecule has 106 valence electrons. The van der Waals surface area contributed by atoms with E-state index in [2.05, 4.69) is 35.1 Å². The van der Waals surface area contributed by atoms with Gasteiger partial charge in [-0.3, -0.25) is 0 Å². The second-order valence-corrected chi connectivity index (χ2v) is 6.65. The molecule has 1 N–H and O–H groups in total. The molecule has 0 amide bonds. The number of hydrogen-bond acceptors (Lipinski definition) is 1. The Labute approximate surface area is 124 Å². The first-order valence-electron chi connectivity index (χ1n) is 7.30. The van der Waals surface area contributed by atoms with Crippen LogP contribution in [-0.4, -0.2) is 6.54 Å². The molecule has 0 spiro atoms. The summed E-state index contributed by atoms with van der Waals surface area (Å²) in [6.45, 7) is 5.29. The summed E-state index contributed by atoms with van der Waals surface area (Å²) in [7, 11) is 0. The minimum Gasteiger partial charge on any atom is -0.310 e. The summed E-state index contributed by atoms with van der Waals surface area (Å²) in [6.07, 6.45) is 4.99. The van der Waals surface area contributed by atoms with Crippen LogP contribution >= 0.6 is 15.9 Å². The SMILES string of the molecule is CCNC(c1ccc(Br)cc1F)C1CCCC(C)C1. The number of benzene rings is 1. The van der Waals surface area contributed by atoms with Crippen LogP contribution in [0.4, 0.5) is 4.39 Å². The number of nitrogens with one attached hydrogen (secondary N) is 1. The Hall–Kier alpha value is -0.410. The summed E-state index contributed by atoms with van der Waals surface area (Å²) < 4.78 is 15.0. The van der Waals surface area contributed by atoms with Crippen molar-refractivity contribution in [3.63, 3.8) is 0 Å². The fourth-order valence-corrected chi connectivity index (χ4v) is 3.62. The molecule has 1 aromatic rings. The van der Waals surface area contributed by atoms with Gasteiger partial charge in [-0.15, -0.1) is 0 Å². The second-order valence-electron chi connectivity index (χ2n) is 5.73. The Morgan fingerprint density at radius 2 is 2.21 bits per heavy atom. The quantitative estimate of drug-likeness (QED) is 0.814. The van der Waals surface area contributed by atoms with Gasteiger partial charge in [0.1, 0.15) is 5.82 Å². The van der Waals surface area contributed by atoms with E-state index >= 15 is 0 Å². The van der Waals surface area contributed by atoms with Gasteiger partial charge < -0.3 is 5.32 Å². The lowest BCUT2D eigenvalue weighted by molar-refractivity contribution is 0.222. The molecule has 0 saturated heterocycles. The van der Waals surface area contributed by atoms with Gasteiger partial charge in [-0.25, -0.2) is 4.39 Å². The average Bonchev–Trinajstić information content (AvgIpc) is 2.37. The topological polar surface area (TPSA) is 12.0 Å². The van der Waals surface area contributed by atoms with E-state index in [1.807, 2.05) is 12.1 Å². The first kappa shape index (κ1) is 15.0. The number of rotatable bonds is 4. The lowest BCUT2D eigenvalue weighted by Crippen LogP contribution is -2.31. The van der Waals surface area contributed by atoms with Crippen molar-refractivity contribution in [1.29, 1.82) is 0 Å². The predicted molar refractivity (Wildman–Crippen MR) is 81.6 cm³/mol. The zero-order valence-corrected chi connectivity index (χ0v) is 13.3. The van der Waals surface area contributed by atoms with Crippen molar-refractivity contribution in [3.8, 4) is 0 Å². The van der Waals surface area contributed by atoms with Crippen molar-refractivity contribution in [1.82, 2.24) is 5.32 Å². The molecule has 0 bridgehead atoms. The van der Waals surface area contributed by atoms with E-state index in [0.29, 0.717) is 5.92 Å². The highest BCUT2D eigenvalue weighted by molar-refractivity contribution is 9.10. The van der Waals surface area contributed by atoms with E-state index in [0.717, 1.165) is 22.5 Å². The van der Waals surface area contributed by atoms with Gasteiger partial charge in [0, 0.05) is 16.1 Å². The summed E-state index contributed by atoms with van der Waals surface area (Å²) in [5, 5.41) is 3.49. The van der Waals surface area contributed by atoms with Crippen LogP contribution in [0.2, 0.25) is 0 Å². The standard InChI is InChI=1S/C16H23BrFN/c1-3-19-16(12-6-4-5-11(2)9-12)14-8-7-13(17)10-15(14)18/h7-8,10-12,16,19H,3-6,9H2,1-2H3. The van der Waals surface area contributed by atoms with Crippen molar-refractivity contribution in [2.45, 2.75) is 45.6 Å². The fourth-order valence-electron chi connectivity index (χ4n) is 3.29. The van der Waals surface area contributed by atoms with Crippen LogP contribution < -0.4 is 5.32 Å². The highest BCUT2D eigenvalue weighted by Crippen LogP contribution is 2.38. The highest BCUT2D eigenvalue weighted by Gasteiger charge is 2.28. The molecule has 0 radical (unpaired) electrons. The third kappa shape index (κ3) is 3.79. The molecule has 0 heterocycles. The molecule has 0 aromatic heterocycles. The van der Waals surface area contributed by atoms with Crippen LogP contribution in [0.3, 0.4) is 0 Å². The molecule has 1 aliphatic rings. The van der Waals surface area contributed by atoms with Crippen LogP contribution in [0, 0.1) is 17.7 Å². The molecule has 3 unspecified atom stereocenters. The van der Waals surface area contributed by atoms with Gasteiger partial charge in [0.25, 0.3) is 0 Å². The van der Waals surface area contributed by atoms with Crippen LogP contribution in [0.1, 0.15) is 51.1 Å². The molecule has 1 fully saturated rings. The van der Waals surface area contributed by atoms with Gasteiger partial charge >= 0.3 is 0 Å². The van der Waals surface area contributed by atoms with E-state index in [4.69, 9.17) is 0 Å². The maximum absolute atomic E-state index is 14.2. The molecule has 3 heteroatoms. The van der Waals surface area contributed by atoms with Crippen LogP contribution in [0.25, 0.3) is 0 Å². The van der Waals surface area contributed by atoms with Gasteiger partial charge in [-0.1, -0.05) is 48.7 Å². The van der Waals surface area contributed by atoms with E-state index in [1.165, 1.54) is 25.7 Å². The maximum atomic E-state index is 14.2. The first-order chi connectivity index (χ1) is 9.11. The van der Waals surface area contributed by atoms with Crippen molar-refractivity contribution in [2.24, 2.45) is 11.8 Å². The molecule has 2 rings (SSSR count). The smallest absolute Gasteiger partial charge is 0.129 e. The second kappa shape index (κ2) is 6.85. The third-order valence-electron chi connectivity index (χ3n) is 4.17. The lowest BCUT2D eigenvalue weighted by Gasteiger charge is -2.34. The fraction of sp³-hybridized carbons (Fsp3) is 0.625. The normalized spacial score (nSPS) is 25.3. The maximum Gasteiger partial charge on any atom is 0.129 e. The van der Waals surface area contributed by atoms with Crippen molar-refractivity contribution in [3.05, 3.63) is 34.1 Å². The molecule has 1 saturated carbocycles. The average molecular weight is 328 g/mol. The summed E-state index contributed by atoms with van der Waals surface area (Å²) in [5.74, 6) is 1.22. The third-order valence-corrected chi connectivity index (χ3v) is 4.66. The molecule has 19 heavy (non-hydrogen) atoms. The predicted octanol–water partition coefficient (Wildman–Crippen LogP) is 5.07. The summed E-state index contributed by atoms with van der Waals surface area (Å²) in [5.41, 5.74) is 0.823. The molecule has 3 atom stereocenters. The Morgan fingerprint density at radius 1 is 1.42 bits per heavy atom. The zero-order chi connectivity index (χ0) is 13.8. The summed E-state index contributed by atoms with van der Waals surface area (Å²) in [4.78, 5) is 0. The largest absolute Gasteiger partial charge is 0.310 e. The van der Waals surface area contributed by atoms with Gasteiger partial charge in [0.2, 0.25) is 0 Å². The minimum absolute atomic E-state index is 0.0986. The van der Waals surface area contributed by atoms with E-state index in [9.17, 15) is 4.39 Å². The van der Waals surface area contributed by atoms with Crippen molar-refractivity contribution in [2.75, 3.05) is 6.54 Å².